The monoisotopic (exact) mass is 305 g/mol. The van der Waals surface area contributed by atoms with E-state index < -0.39 is 0 Å². The van der Waals surface area contributed by atoms with Crippen LogP contribution in [0.3, 0.4) is 0 Å². The Balaban J connectivity index is 1.84. The molecule has 4 heteroatoms. The number of carbonyl (C=O) groups excluding carboxylic acids is 1. The van der Waals surface area contributed by atoms with Crippen LogP contribution < -0.4 is 4.74 Å². The molecule has 2 unspecified atom stereocenters. The molecule has 1 amide bonds. The summed E-state index contributed by atoms with van der Waals surface area (Å²) in [5.41, 5.74) is 1.00. The van der Waals surface area contributed by atoms with Crippen molar-refractivity contribution in [2.75, 3.05) is 19.7 Å². The topological polar surface area (TPSA) is 49.8 Å². The van der Waals surface area contributed by atoms with Gasteiger partial charge in [0.25, 0.3) is 0 Å². The van der Waals surface area contributed by atoms with Crippen molar-refractivity contribution in [1.29, 1.82) is 0 Å². The van der Waals surface area contributed by atoms with Crippen LogP contribution in [0.4, 0.5) is 0 Å². The first kappa shape index (κ1) is 16.8. The number of rotatable bonds is 6. The van der Waals surface area contributed by atoms with E-state index in [1.165, 1.54) is 0 Å². The van der Waals surface area contributed by atoms with Gasteiger partial charge in [0.15, 0.2) is 0 Å². The van der Waals surface area contributed by atoms with Gasteiger partial charge in [-0.2, -0.15) is 0 Å². The summed E-state index contributed by atoms with van der Waals surface area (Å²) >= 11 is 0. The van der Waals surface area contributed by atoms with E-state index in [4.69, 9.17) is 4.74 Å². The van der Waals surface area contributed by atoms with Crippen molar-refractivity contribution in [3.05, 3.63) is 29.8 Å². The maximum atomic E-state index is 12.3. The van der Waals surface area contributed by atoms with Crippen molar-refractivity contribution >= 4 is 5.91 Å². The average molecular weight is 305 g/mol. The van der Waals surface area contributed by atoms with Crippen molar-refractivity contribution in [2.24, 2.45) is 11.8 Å². The molecule has 0 saturated carbocycles. The molecule has 1 heterocycles. The highest BCUT2D eigenvalue weighted by Gasteiger charge is 2.28. The first-order chi connectivity index (χ1) is 10.5. The quantitative estimate of drug-likeness (QED) is 0.878. The minimum Gasteiger partial charge on any atom is -0.493 e. The first-order valence-corrected chi connectivity index (χ1v) is 8.13. The molecule has 1 aliphatic heterocycles. The highest BCUT2D eigenvalue weighted by atomic mass is 16.5. The number of aliphatic hydroxyl groups excluding tert-OH is 1. The average Bonchev–Trinajstić information content (AvgIpc) is 2.96. The SMILES string of the molecule is CC(C)COc1ccc(CC(=O)N2CCC(C(C)O)C2)cc1. The molecule has 1 aromatic rings. The van der Waals surface area contributed by atoms with E-state index in [-0.39, 0.29) is 17.9 Å². The number of aliphatic hydroxyl groups is 1. The molecule has 0 spiro atoms. The van der Waals surface area contributed by atoms with E-state index in [2.05, 4.69) is 13.8 Å². The summed E-state index contributed by atoms with van der Waals surface area (Å²) < 4.78 is 5.64. The predicted octanol–water partition coefficient (Wildman–Crippen LogP) is 2.49. The highest BCUT2D eigenvalue weighted by Crippen LogP contribution is 2.21. The molecule has 4 nitrogen and oxygen atoms in total. The number of benzene rings is 1. The molecule has 0 bridgehead atoms. The van der Waals surface area contributed by atoms with Crippen LogP contribution in [0.15, 0.2) is 24.3 Å². The van der Waals surface area contributed by atoms with Gasteiger partial charge in [0.05, 0.1) is 19.1 Å². The van der Waals surface area contributed by atoms with Gasteiger partial charge in [0.1, 0.15) is 5.75 Å². The Bertz CT molecular complexity index is 482. The Morgan fingerprint density at radius 1 is 1.32 bits per heavy atom. The molecule has 1 aliphatic rings. The number of nitrogens with zero attached hydrogens (tertiary/aromatic N) is 1. The minimum absolute atomic E-state index is 0.138. The molecule has 22 heavy (non-hydrogen) atoms. The predicted molar refractivity (Wildman–Crippen MR) is 86.8 cm³/mol. The summed E-state index contributed by atoms with van der Waals surface area (Å²) in [6, 6.07) is 7.76. The zero-order valence-electron chi connectivity index (χ0n) is 13.8. The maximum absolute atomic E-state index is 12.3. The number of carbonyl (C=O) groups is 1. The lowest BCUT2D eigenvalue weighted by Gasteiger charge is -2.18. The van der Waals surface area contributed by atoms with Crippen molar-refractivity contribution < 1.29 is 14.6 Å². The molecule has 1 aromatic carbocycles. The second-order valence-electron chi connectivity index (χ2n) is 6.65. The molecule has 2 atom stereocenters. The normalized spacial score (nSPS) is 19.5. The second kappa shape index (κ2) is 7.63. The van der Waals surface area contributed by atoms with Gasteiger partial charge in [0.2, 0.25) is 5.91 Å². The Morgan fingerprint density at radius 2 is 2.00 bits per heavy atom. The van der Waals surface area contributed by atoms with Gasteiger partial charge in [-0.25, -0.2) is 0 Å². The first-order valence-electron chi connectivity index (χ1n) is 8.13. The lowest BCUT2D eigenvalue weighted by atomic mass is 10.0. The third kappa shape index (κ3) is 4.73. The maximum Gasteiger partial charge on any atom is 0.227 e. The standard InChI is InChI=1S/C18H27NO3/c1-13(2)12-22-17-6-4-15(5-7-17)10-18(21)19-9-8-16(11-19)14(3)20/h4-7,13-14,16,20H,8-12H2,1-3H3. The number of likely N-dealkylation sites (tertiary alicyclic amines) is 1. The second-order valence-corrected chi connectivity index (χ2v) is 6.65. The summed E-state index contributed by atoms with van der Waals surface area (Å²) in [4.78, 5) is 14.2. The molecule has 1 N–H and O–H groups in total. The highest BCUT2D eigenvalue weighted by molar-refractivity contribution is 5.79. The van der Waals surface area contributed by atoms with Gasteiger partial charge in [-0.3, -0.25) is 4.79 Å². The van der Waals surface area contributed by atoms with Crippen LogP contribution in [0.1, 0.15) is 32.8 Å². The lowest BCUT2D eigenvalue weighted by molar-refractivity contribution is -0.129. The van der Waals surface area contributed by atoms with Crippen LogP contribution in [-0.2, 0) is 11.2 Å². The van der Waals surface area contributed by atoms with E-state index in [0.717, 1.165) is 24.3 Å². The fourth-order valence-corrected chi connectivity index (χ4v) is 2.66. The largest absolute Gasteiger partial charge is 0.493 e. The van der Waals surface area contributed by atoms with Gasteiger partial charge in [-0.15, -0.1) is 0 Å². The molecule has 1 fully saturated rings. The van der Waals surface area contributed by atoms with E-state index in [1.807, 2.05) is 29.2 Å². The van der Waals surface area contributed by atoms with Crippen molar-refractivity contribution in [3.63, 3.8) is 0 Å². The molecule has 2 rings (SSSR count). The van der Waals surface area contributed by atoms with Crippen LogP contribution >= 0.6 is 0 Å². The van der Waals surface area contributed by atoms with Crippen LogP contribution in [0.5, 0.6) is 5.75 Å². The summed E-state index contributed by atoms with van der Waals surface area (Å²) in [6.45, 7) is 8.16. The molecule has 0 aromatic heterocycles. The zero-order chi connectivity index (χ0) is 16.1. The minimum atomic E-state index is -0.338. The molecule has 1 saturated heterocycles. The van der Waals surface area contributed by atoms with Crippen molar-refractivity contribution in [3.8, 4) is 5.75 Å². The molecular formula is C18H27NO3. The van der Waals surface area contributed by atoms with E-state index >= 15 is 0 Å². The van der Waals surface area contributed by atoms with Crippen LogP contribution in [0, 0.1) is 11.8 Å². The van der Waals surface area contributed by atoms with E-state index in [9.17, 15) is 9.90 Å². The van der Waals surface area contributed by atoms with Gasteiger partial charge >= 0.3 is 0 Å². The number of ether oxygens (including phenoxy) is 1. The summed E-state index contributed by atoms with van der Waals surface area (Å²) in [7, 11) is 0. The Morgan fingerprint density at radius 3 is 2.55 bits per heavy atom. The molecule has 0 aliphatic carbocycles. The fourth-order valence-electron chi connectivity index (χ4n) is 2.66. The smallest absolute Gasteiger partial charge is 0.227 e. The number of hydrogen-bond acceptors (Lipinski definition) is 3. The Hall–Kier alpha value is -1.55. The van der Waals surface area contributed by atoms with Crippen molar-refractivity contribution in [1.82, 2.24) is 4.90 Å². The van der Waals surface area contributed by atoms with E-state index in [0.29, 0.717) is 25.5 Å². The van der Waals surface area contributed by atoms with Gasteiger partial charge in [0, 0.05) is 19.0 Å². The lowest BCUT2D eigenvalue weighted by Crippen LogP contribution is -2.31. The van der Waals surface area contributed by atoms with E-state index in [1.54, 1.807) is 6.92 Å². The van der Waals surface area contributed by atoms with Crippen LogP contribution in [0.25, 0.3) is 0 Å². The summed E-state index contributed by atoms with van der Waals surface area (Å²) in [5.74, 6) is 1.70. The van der Waals surface area contributed by atoms with Crippen LogP contribution in [-0.4, -0.2) is 41.7 Å². The molecular weight excluding hydrogens is 278 g/mol. The Labute approximate surface area is 133 Å². The Kier molecular flexibility index (Phi) is 5.83. The molecule has 122 valence electrons. The zero-order valence-corrected chi connectivity index (χ0v) is 13.8. The van der Waals surface area contributed by atoms with Gasteiger partial charge in [-0.1, -0.05) is 26.0 Å². The number of hydrogen-bond donors (Lipinski definition) is 1. The van der Waals surface area contributed by atoms with Crippen LogP contribution in [0.2, 0.25) is 0 Å². The third-order valence-electron chi connectivity index (χ3n) is 4.12. The fraction of sp³-hybridized carbons (Fsp3) is 0.611. The summed E-state index contributed by atoms with van der Waals surface area (Å²) in [5, 5.41) is 9.61. The molecule has 0 radical (unpaired) electrons. The number of amides is 1. The van der Waals surface area contributed by atoms with Gasteiger partial charge < -0.3 is 14.7 Å². The third-order valence-corrected chi connectivity index (χ3v) is 4.12. The van der Waals surface area contributed by atoms with Gasteiger partial charge in [-0.05, 0) is 37.0 Å². The van der Waals surface area contributed by atoms with Crippen molar-refractivity contribution in [2.45, 2.75) is 39.7 Å². The summed E-state index contributed by atoms with van der Waals surface area (Å²) in [6.07, 6.45) is 0.970.